The van der Waals surface area contributed by atoms with Gasteiger partial charge in [0.1, 0.15) is 0 Å². The third-order valence-electron chi connectivity index (χ3n) is 2.97. The van der Waals surface area contributed by atoms with E-state index in [0.29, 0.717) is 9.80 Å². The molecule has 0 unspecified atom stereocenters. The van der Waals surface area contributed by atoms with Crippen LogP contribution in [-0.4, -0.2) is 8.42 Å². The molecule has 0 heterocycles. The maximum atomic E-state index is 12.2. The van der Waals surface area contributed by atoms with Crippen molar-refractivity contribution in [2.24, 2.45) is 0 Å². The van der Waals surface area contributed by atoms with E-state index in [1.165, 1.54) is 19.3 Å². The summed E-state index contributed by atoms with van der Waals surface area (Å²) in [6.07, 6.45) is 7.35. The molecule has 0 bridgehead atoms. The van der Waals surface area contributed by atoms with Crippen molar-refractivity contribution in [3.63, 3.8) is 0 Å². The summed E-state index contributed by atoms with van der Waals surface area (Å²) in [6, 6.07) is 8.61. The number of hydrogen-bond donors (Lipinski definition) is 0. The molecule has 18 heavy (non-hydrogen) atoms. The molecule has 0 aliphatic carbocycles. The van der Waals surface area contributed by atoms with Crippen LogP contribution in [0.25, 0.3) is 0 Å². The van der Waals surface area contributed by atoms with Crippen LogP contribution in [0.1, 0.15) is 46.0 Å². The Hall–Kier alpha value is -1.09. The van der Waals surface area contributed by atoms with Gasteiger partial charge in [0.25, 0.3) is 0 Å². The normalized spacial score (nSPS) is 12.7. The minimum Gasteiger partial charge on any atom is -0.219 e. The summed E-state index contributed by atoms with van der Waals surface area (Å²) in [5.74, 6) is 0. The van der Waals surface area contributed by atoms with Gasteiger partial charge in [-0.05, 0) is 31.9 Å². The second kappa shape index (κ2) is 7.37. The van der Waals surface area contributed by atoms with Crippen molar-refractivity contribution in [1.29, 1.82) is 0 Å². The van der Waals surface area contributed by atoms with Crippen LogP contribution in [0.2, 0.25) is 0 Å². The van der Waals surface area contributed by atoms with Gasteiger partial charge in [-0.1, -0.05) is 50.5 Å². The first kappa shape index (κ1) is 15.0. The fourth-order valence-electron chi connectivity index (χ4n) is 1.77. The van der Waals surface area contributed by atoms with Crippen LogP contribution < -0.4 is 0 Å². The highest BCUT2D eigenvalue weighted by Crippen LogP contribution is 2.19. The molecule has 1 aromatic rings. The van der Waals surface area contributed by atoms with E-state index in [1.807, 2.05) is 12.1 Å². The van der Waals surface area contributed by atoms with Gasteiger partial charge in [-0.25, -0.2) is 8.42 Å². The quantitative estimate of drug-likeness (QED) is 0.688. The number of allylic oxidation sites excluding steroid dienone is 2. The summed E-state index contributed by atoms with van der Waals surface area (Å²) in [7, 11) is -3.27. The molecule has 100 valence electrons. The predicted molar refractivity (Wildman–Crippen MR) is 76.1 cm³/mol. The summed E-state index contributed by atoms with van der Waals surface area (Å²) in [4.78, 5) is 0.845. The Morgan fingerprint density at radius 1 is 1.11 bits per heavy atom. The number of hydrogen-bond acceptors (Lipinski definition) is 2. The SMILES string of the molecule is CCCCCC/C=C(\C)S(=O)(=O)c1ccccc1. The fraction of sp³-hybridized carbons (Fsp3) is 0.467. The smallest absolute Gasteiger partial charge is 0.202 e. The van der Waals surface area contributed by atoms with Crippen LogP contribution >= 0.6 is 0 Å². The van der Waals surface area contributed by atoms with Gasteiger partial charge in [-0.3, -0.25) is 0 Å². The second-order valence-corrected chi connectivity index (χ2v) is 6.60. The molecular weight excluding hydrogens is 244 g/mol. The Kier molecular flexibility index (Phi) is 6.13. The topological polar surface area (TPSA) is 34.1 Å². The molecule has 0 radical (unpaired) electrons. The van der Waals surface area contributed by atoms with E-state index >= 15 is 0 Å². The highest BCUT2D eigenvalue weighted by molar-refractivity contribution is 7.95. The van der Waals surface area contributed by atoms with Crippen LogP contribution in [-0.2, 0) is 9.84 Å². The molecule has 0 aliphatic rings. The molecule has 2 nitrogen and oxygen atoms in total. The largest absolute Gasteiger partial charge is 0.219 e. The molecule has 0 spiro atoms. The Morgan fingerprint density at radius 3 is 2.39 bits per heavy atom. The molecular formula is C15H22O2S. The summed E-state index contributed by atoms with van der Waals surface area (Å²) in [5.41, 5.74) is 0. The van der Waals surface area contributed by atoms with Crippen LogP contribution in [0, 0.1) is 0 Å². The molecule has 0 amide bonds. The maximum Gasteiger partial charge on any atom is 0.202 e. The van der Waals surface area contributed by atoms with E-state index in [0.717, 1.165) is 12.8 Å². The molecule has 1 rings (SSSR count). The third-order valence-corrected chi connectivity index (χ3v) is 4.87. The Balaban J connectivity index is 2.65. The molecule has 3 heteroatoms. The van der Waals surface area contributed by atoms with Crippen molar-refractivity contribution in [3.05, 3.63) is 41.3 Å². The monoisotopic (exact) mass is 266 g/mol. The highest BCUT2D eigenvalue weighted by Gasteiger charge is 2.15. The summed E-state index contributed by atoms with van der Waals surface area (Å²) in [5, 5.41) is 0. The number of rotatable bonds is 7. The minimum atomic E-state index is -3.27. The Morgan fingerprint density at radius 2 is 1.78 bits per heavy atom. The van der Waals surface area contributed by atoms with E-state index in [4.69, 9.17) is 0 Å². The van der Waals surface area contributed by atoms with Gasteiger partial charge in [0, 0.05) is 4.91 Å². The van der Waals surface area contributed by atoms with E-state index in [9.17, 15) is 8.42 Å². The standard InChI is InChI=1S/C15H22O2S/c1-3-4-5-6-8-11-14(2)18(16,17)15-12-9-7-10-13-15/h7,9-13H,3-6,8H2,1-2H3/b14-11+. The molecule has 0 aromatic heterocycles. The summed E-state index contributed by atoms with van der Waals surface area (Å²) in [6.45, 7) is 3.85. The lowest BCUT2D eigenvalue weighted by Gasteiger charge is -2.04. The zero-order valence-corrected chi connectivity index (χ0v) is 12.0. The molecule has 0 aliphatic heterocycles. The first-order valence-corrected chi connectivity index (χ1v) is 8.04. The third kappa shape index (κ3) is 4.30. The van der Waals surface area contributed by atoms with Crippen molar-refractivity contribution >= 4 is 9.84 Å². The highest BCUT2D eigenvalue weighted by atomic mass is 32.2. The van der Waals surface area contributed by atoms with Gasteiger partial charge in [0.15, 0.2) is 0 Å². The zero-order valence-electron chi connectivity index (χ0n) is 11.2. The van der Waals surface area contributed by atoms with Crippen molar-refractivity contribution in [2.45, 2.75) is 50.8 Å². The summed E-state index contributed by atoms with van der Waals surface area (Å²) < 4.78 is 24.4. The summed E-state index contributed by atoms with van der Waals surface area (Å²) >= 11 is 0. The average Bonchev–Trinajstić information content (AvgIpc) is 2.39. The molecule has 0 saturated heterocycles. The zero-order chi connectivity index (χ0) is 13.4. The second-order valence-electron chi connectivity index (χ2n) is 4.48. The number of sulfone groups is 1. The van der Waals surface area contributed by atoms with E-state index in [2.05, 4.69) is 6.92 Å². The van der Waals surface area contributed by atoms with Gasteiger partial charge in [-0.15, -0.1) is 0 Å². The Labute approximate surface area is 111 Å². The fourth-order valence-corrected chi connectivity index (χ4v) is 3.00. The van der Waals surface area contributed by atoms with Crippen LogP contribution in [0.5, 0.6) is 0 Å². The minimum absolute atomic E-state index is 0.382. The number of unbranched alkanes of at least 4 members (excludes halogenated alkanes) is 4. The predicted octanol–water partition coefficient (Wildman–Crippen LogP) is 4.33. The number of benzene rings is 1. The lowest BCUT2D eigenvalue weighted by atomic mass is 10.1. The van der Waals surface area contributed by atoms with Crippen molar-refractivity contribution in [2.75, 3.05) is 0 Å². The molecule has 1 aromatic carbocycles. The van der Waals surface area contributed by atoms with E-state index in [1.54, 1.807) is 31.2 Å². The van der Waals surface area contributed by atoms with Gasteiger partial charge in [0.2, 0.25) is 9.84 Å². The maximum absolute atomic E-state index is 12.2. The van der Waals surface area contributed by atoms with Gasteiger partial charge >= 0.3 is 0 Å². The first-order chi connectivity index (χ1) is 8.59. The lowest BCUT2D eigenvalue weighted by Crippen LogP contribution is -2.02. The Bertz CT molecular complexity index is 472. The molecule has 0 saturated carbocycles. The van der Waals surface area contributed by atoms with Crippen molar-refractivity contribution in [3.8, 4) is 0 Å². The molecule has 0 N–H and O–H groups in total. The lowest BCUT2D eigenvalue weighted by molar-refractivity contribution is 0.601. The van der Waals surface area contributed by atoms with Crippen LogP contribution in [0.3, 0.4) is 0 Å². The van der Waals surface area contributed by atoms with Crippen molar-refractivity contribution in [1.82, 2.24) is 0 Å². The van der Waals surface area contributed by atoms with Gasteiger partial charge in [-0.2, -0.15) is 0 Å². The van der Waals surface area contributed by atoms with E-state index in [-0.39, 0.29) is 0 Å². The first-order valence-electron chi connectivity index (χ1n) is 6.56. The van der Waals surface area contributed by atoms with Crippen molar-refractivity contribution < 1.29 is 8.42 Å². The van der Waals surface area contributed by atoms with E-state index < -0.39 is 9.84 Å². The van der Waals surface area contributed by atoms with Crippen LogP contribution in [0.4, 0.5) is 0 Å². The average molecular weight is 266 g/mol. The molecule has 0 fully saturated rings. The van der Waals surface area contributed by atoms with Gasteiger partial charge in [0.05, 0.1) is 4.90 Å². The molecule has 0 atom stereocenters. The van der Waals surface area contributed by atoms with Gasteiger partial charge < -0.3 is 0 Å². The van der Waals surface area contributed by atoms with Crippen LogP contribution in [0.15, 0.2) is 46.2 Å².